The molecule has 124 valence electrons. The van der Waals surface area contributed by atoms with Gasteiger partial charge in [0.25, 0.3) is 0 Å². The maximum absolute atomic E-state index is 12.7. The molecule has 0 aliphatic rings. The SMILES string of the molecule is C[Si](C)(C)O/C=C\CC(C#N)(C#N)C(C(F)(F)F)C(F)(F)F. The van der Waals surface area contributed by atoms with Crippen molar-refractivity contribution in [2.45, 2.75) is 38.4 Å². The van der Waals surface area contributed by atoms with Gasteiger partial charge in [-0.25, -0.2) is 0 Å². The van der Waals surface area contributed by atoms with Gasteiger partial charge in [0.05, 0.1) is 18.4 Å². The van der Waals surface area contributed by atoms with Crippen LogP contribution in [0, 0.1) is 34.0 Å². The number of alkyl halides is 6. The Balaban J connectivity index is 5.59. The highest BCUT2D eigenvalue weighted by Crippen LogP contribution is 2.50. The molecule has 0 saturated heterocycles. The van der Waals surface area contributed by atoms with Gasteiger partial charge < -0.3 is 4.43 Å². The topological polar surface area (TPSA) is 56.8 Å². The van der Waals surface area contributed by atoms with Crippen LogP contribution < -0.4 is 0 Å². The van der Waals surface area contributed by atoms with Crippen molar-refractivity contribution in [1.29, 1.82) is 10.5 Å². The van der Waals surface area contributed by atoms with Crippen LogP contribution in [0.15, 0.2) is 12.3 Å². The second-order valence-corrected chi connectivity index (χ2v) is 9.98. The molecule has 0 radical (unpaired) electrons. The third kappa shape index (κ3) is 5.60. The monoisotopic (exact) mass is 344 g/mol. The minimum absolute atomic E-state index is 0.842. The Hall–Kier alpha value is -1.68. The molecule has 0 atom stereocenters. The van der Waals surface area contributed by atoms with E-state index in [1.54, 1.807) is 19.6 Å². The van der Waals surface area contributed by atoms with Crippen molar-refractivity contribution in [1.82, 2.24) is 0 Å². The molecule has 0 aromatic carbocycles. The van der Waals surface area contributed by atoms with Gasteiger partial charge in [0.1, 0.15) is 0 Å². The summed E-state index contributed by atoms with van der Waals surface area (Å²) >= 11 is 0. The molecular weight excluding hydrogens is 330 g/mol. The van der Waals surface area contributed by atoms with Crippen LogP contribution >= 0.6 is 0 Å². The fraction of sp³-hybridized carbons (Fsp3) is 0.667. The van der Waals surface area contributed by atoms with Crippen molar-refractivity contribution in [3.8, 4) is 12.1 Å². The third-order valence-corrected chi connectivity index (χ3v) is 3.35. The maximum atomic E-state index is 12.7. The summed E-state index contributed by atoms with van der Waals surface area (Å²) < 4.78 is 81.4. The molecule has 0 heterocycles. The highest BCUT2D eigenvalue weighted by Gasteiger charge is 2.67. The molecule has 3 nitrogen and oxygen atoms in total. The van der Waals surface area contributed by atoms with E-state index in [0.717, 1.165) is 24.5 Å². The zero-order chi connectivity index (χ0) is 17.8. The molecule has 0 bridgehead atoms. The molecule has 0 spiro atoms. The van der Waals surface area contributed by atoms with Crippen LogP contribution in [0.1, 0.15) is 6.42 Å². The van der Waals surface area contributed by atoms with E-state index in [1.807, 2.05) is 0 Å². The average Bonchev–Trinajstić information content (AvgIpc) is 2.28. The number of halogens is 6. The number of hydrogen-bond donors (Lipinski definition) is 0. The van der Waals surface area contributed by atoms with E-state index in [0.29, 0.717) is 0 Å². The smallest absolute Gasteiger partial charge is 0.403 e. The number of nitriles is 2. The summed E-state index contributed by atoms with van der Waals surface area (Å²) in [6.07, 6.45) is -10.8. The summed E-state index contributed by atoms with van der Waals surface area (Å²) in [5, 5.41) is 17.6. The molecule has 0 aromatic heterocycles. The molecular formula is C12H14F6N2OSi. The Bertz CT molecular complexity index is 464. The van der Waals surface area contributed by atoms with E-state index in [4.69, 9.17) is 14.9 Å². The van der Waals surface area contributed by atoms with Crippen molar-refractivity contribution in [2.75, 3.05) is 0 Å². The summed E-state index contributed by atoms with van der Waals surface area (Å²) in [6.45, 7) is 5.23. The van der Waals surface area contributed by atoms with Crippen LogP contribution in [0.3, 0.4) is 0 Å². The molecule has 0 unspecified atom stereocenters. The van der Waals surface area contributed by atoms with Crippen LogP contribution in [0.4, 0.5) is 26.3 Å². The standard InChI is InChI=1S/C12H14F6N2OSi/c1-22(2,3)21-6-4-5-10(7-19,8-20)9(11(13,14)15)12(16,17)18/h4,6,9H,5H2,1-3H3/b6-4-. The fourth-order valence-corrected chi connectivity index (χ4v) is 2.10. The first-order chi connectivity index (χ1) is 9.69. The number of nitrogens with zero attached hydrogens (tertiary/aromatic N) is 2. The molecule has 0 rings (SSSR count). The van der Waals surface area contributed by atoms with Gasteiger partial charge in [0.2, 0.25) is 8.32 Å². The zero-order valence-corrected chi connectivity index (χ0v) is 13.0. The predicted octanol–water partition coefficient (Wildman–Crippen LogP) is 4.52. The summed E-state index contributed by atoms with van der Waals surface area (Å²) in [6, 6.07) is 1.76. The molecule has 0 saturated carbocycles. The van der Waals surface area contributed by atoms with E-state index in [9.17, 15) is 26.3 Å². The van der Waals surface area contributed by atoms with Crippen molar-refractivity contribution in [3.05, 3.63) is 12.3 Å². The molecule has 0 amide bonds. The Labute approximate surface area is 124 Å². The van der Waals surface area contributed by atoms with Gasteiger partial charge in [-0.05, 0) is 25.7 Å². The van der Waals surface area contributed by atoms with Gasteiger partial charge in [-0.3, -0.25) is 0 Å². The molecule has 0 fully saturated rings. The minimum atomic E-state index is -5.77. The zero-order valence-electron chi connectivity index (χ0n) is 12.0. The lowest BCUT2D eigenvalue weighted by Crippen LogP contribution is -2.47. The predicted molar refractivity (Wildman–Crippen MR) is 67.4 cm³/mol. The number of hydrogen-bond acceptors (Lipinski definition) is 3. The van der Waals surface area contributed by atoms with Gasteiger partial charge in [-0.1, -0.05) is 0 Å². The van der Waals surface area contributed by atoms with Gasteiger partial charge >= 0.3 is 12.4 Å². The normalized spacial score (nSPS) is 14.0. The molecule has 0 N–H and O–H groups in total. The summed E-state index contributed by atoms with van der Waals surface area (Å²) in [5.41, 5.74) is -3.30. The Morgan fingerprint density at radius 1 is 1.00 bits per heavy atom. The van der Waals surface area contributed by atoms with E-state index in [2.05, 4.69) is 0 Å². The van der Waals surface area contributed by atoms with E-state index < -0.39 is 38.4 Å². The van der Waals surface area contributed by atoms with Crippen LogP contribution in [-0.4, -0.2) is 20.7 Å². The fourth-order valence-electron chi connectivity index (χ4n) is 1.59. The lowest BCUT2D eigenvalue weighted by atomic mass is 9.74. The summed E-state index contributed by atoms with van der Waals surface area (Å²) in [4.78, 5) is 0. The average molecular weight is 344 g/mol. The second kappa shape index (κ2) is 6.61. The van der Waals surface area contributed by atoms with Crippen molar-refractivity contribution in [3.63, 3.8) is 0 Å². The second-order valence-electron chi connectivity index (χ2n) is 5.52. The molecule has 0 aromatic rings. The van der Waals surface area contributed by atoms with Crippen molar-refractivity contribution >= 4 is 8.32 Å². The summed E-state index contributed by atoms with van der Waals surface area (Å²) in [5.74, 6) is -4.06. The lowest BCUT2D eigenvalue weighted by Gasteiger charge is -2.31. The van der Waals surface area contributed by atoms with Crippen LogP contribution in [0.5, 0.6) is 0 Å². The van der Waals surface area contributed by atoms with Gasteiger partial charge in [-0.2, -0.15) is 36.9 Å². The largest absolute Gasteiger partial charge is 0.550 e. The van der Waals surface area contributed by atoms with Gasteiger partial charge in [0, 0.05) is 6.42 Å². The number of rotatable bonds is 5. The highest BCUT2D eigenvalue weighted by atomic mass is 28.4. The Morgan fingerprint density at radius 2 is 1.41 bits per heavy atom. The molecule has 10 heteroatoms. The van der Waals surface area contributed by atoms with E-state index >= 15 is 0 Å². The minimum Gasteiger partial charge on any atom is -0.550 e. The first-order valence-electron chi connectivity index (χ1n) is 5.98. The highest BCUT2D eigenvalue weighted by molar-refractivity contribution is 6.69. The van der Waals surface area contributed by atoms with Crippen molar-refractivity contribution in [2.24, 2.45) is 11.3 Å². The summed E-state index contributed by atoms with van der Waals surface area (Å²) in [7, 11) is -2.07. The van der Waals surface area contributed by atoms with Gasteiger partial charge in [-0.15, -0.1) is 0 Å². The van der Waals surface area contributed by atoms with Gasteiger partial charge in [0.15, 0.2) is 11.3 Å². The quantitative estimate of drug-likeness (QED) is 0.419. The molecule has 0 aliphatic heterocycles. The Morgan fingerprint density at radius 3 is 1.68 bits per heavy atom. The number of allylic oxidation sites excluding steroid dienone is 1. The van der Waals surface area contributed by atoms with Crippen molar-refractivity contribution < 1.29 is 30.8 Å². The lowest BCUT2D eigenvalue weighted by molar-refractivity contribution is -0.302. The molecule has 0 aliphatic carbocycles. The van der Waals surface area contributed by atoms with Crippen LogP contribution in [0.25, 0.3) is 0 Å². The van der Waals surface area contributed by atoms with E-state index in [1.165, 1.54) is 0 Å². The van der Waals surface area contributed by atoms with Crippen LogP contribution in [-0.2, 0) is 4.43 Å². The maximum Gasteiger partial charge on any atom is 0.403 e. The first kappa shape index (κ1) is 20.3. The third-order valence-electron chi connectivity index (χ3n) is 2.50. The Kier molecular flexibility index (Phi) is 6.10. The van der Waals surface area contributed by atoms with Crippen LogP contribution in [0.2, 0.25) is 19.6 Å². The van der Waals surface area contributed by atoms with E-state index in [-0.39, 0.29) is 0 Å². The first-order valence-corrected chi connectivity index (χ1v) is 9.39. The molecule has 22 heavy (non-hydrogen) atoms.